The van der Waals surface area contributed by atoms with Gasteiger partial charge in [0.1, 0.15) is 11.6 Å². The Labute approximate surface area is 129 Å². The van der Waals surface area contributed by atoms with E-state index in [1.165, 1.54) is 12.1 Å². The van der Waals surface area contributed by atoms with Crippen LogP contribution in [0.1, 0.15) is 50.6 Å². The van der Waals surface area contributed by atoms with Crippen molar-refractivity contribution in [3.8, 4) is 0 Å². The molecule has 1 fully saturated rings. The quantitative estimate of drug-likeness (QED) is 0.899. The van der Waals surface area contributed by atoms with Crippen molar-refractivity contribution in [1.82, 2.24) is 5.32 Å². The summed E-state index contributed by atoms with van der Waals surface area (Å²) < 4.78 is 26.5. The first-order valence-corrected chi connectivity index (χ1v) is 6.97. The summed E-state index contributed by atoms with van der Waals surface area (Å²) in [6, 6.07) is 2.81. The fraction of sp³-hybridized carbons (Fsp3) is 0.533. The van der Waals surface area contributed by atoms with Gasteiger partial charge in [-0.1, -0.05) is 25.3 Å². The van der Waals surface area contributed by atoms with Crippen LogP contribution in [-0.4, -0.2) is 11.4 Å². The van der Waals surface area contributed by atoms with Crippen LogP contribution in [0.15, 0.2) is 18.2 Å². The number of halogens is 3. The van der Waals surface area contributed by atoms with E-state index in [1.807, 2.05) is 0 Å². The zero-order chi connectivity index (χ0) is 14.8. The number of rotatable bonds is 3. The SMILES string of the molecule is CC(NC(=O)C1(N)CCCCC1)c1ccc(F)cc1F.Cl. The Kier molecular flexibility index (Phi) is 6.10. The molecule has 3 N–H and O–H groups in total. The predicted octanol–water partition coefficient (Wildman–Crippen LogP) is 3.23. The molecule has 0 spiro atoms. The van der Waals surface area contributed by atoms with Gasteiger partial charge in [0, 0.05) is 11.6 Å². The lowest BCUT2D eigenvalue weighted by atomic mass is 9.81. The molecule has 0 saturated heterocycles. The molecular weight excluding hydrogens is 298 g/mol. The second-order valence-electron chi connectivity index (χ2n) is 5.58. The third kappa shape index (κ3) is 4.14. The van der Waals surface area contributed by atoms with E-state index in [1.54, 1.807) is 6.92 Å². The molecule has 1 atom stereocenters. The molecule has 2 rings (SSSR count). The second-order valence-corrected chi connectivity index (χ2v) is 5.58. The van der Waals surface area contributed by atoms with E-state index in [0.717, 1.165) is 25.3 Å². The molecule has 0 aromatic heterocycles. The average molecular weight is 319 g/mol. The lowest BCUT2D eigenvalue weighted by Crippen LogP contribution is -2.55. The second kappa shape index (κ2) is 7.18. The van der Waals surface area contributed by atoms with Crippen molar-refractivity contribution < 1.29 is 13.6 Å². The Morgan fingerprint density at radius 1 is 1.29 bits per heavy atom. The van der Waals surface area contributed by atoms with Gasteiger partial charge >= 0.3 is 0 Å². The van der Waals surface area contributed by atoms with Crippen molar-refractivity contribution in [2.75, 3.05) is 0 Å². The van der Waals surface area contributed by atoms with Gasteiger partial charge in [0.15, 0.2) is 0 Å². The molecule has 0 bridgehead atoms. The van der Waals surface area contributed by atoms with Gasteiger partial charge in [0.05, 0.1) is 11.6 Å². The Morgan fingerprint density at radius 3 is 2.48 bits per heavy atom. The first-order chi connectivity index (χ1) is 9.42. The van der Waals surface area contributed by atoms with Crippen LogP contribution in [-0.2, 0) is 4.79 Å². The normalized spacial score (nSPS) is 18.5. The number of hydrogen-bond acceptors (Lipinski definition) is 2. The van der Waals surface area contributed by atoms with E-state index < -0.39 is 23.2 Å². The molecule has 1 aromatic carbocycles. The van der Waals surface area contributed by atoms with E-state index in [2.05, 4.69) is 5.32 Å². The van der Waals surface area contributed by atoms with Gasteiger partial charge in [0.2, 0.25) is 5.91 Å². The fourth-order valence-electron chi connectivity index (χ4n) is 2.68. The van der Waals surface area contributed by atoms with Crippen molar-refractivity contribution in [3.05, 3.63) is 35.4 Å². The summed E-state index contributed by atoms with van der Waals surface area (Å²) in [5, 5.41) is 2.74. The van der Waals surface area contributed by atoms with E-state index in [0.29, 0.717) is 12.8 Å². The van der Waals surface area contributed by atoms with Crippen LogP contribution in [0.5, 0.6) is 0 Å². The van der Waals surface area contributed by atoms with Gasteiger partial charge < -0.3 is 11.1 Å². The van der Waals surface area contributed by atoms with Gasteiger partial charge in [-0.25, -0.2) is 8.78 Å². The Morgan fingerprint density at radius 2 is 1.90 bits per heavy atom. The first-order valence-electron chi connectivity index (χ1n) is 6.97. The number of hydrogen-bond donors (Lipinski definition) is 2. The van der Waals surface area contributed by atoms with Crippen LogP contribution >= 0.6 is 12.4 Å². The maximum atomic E-state index is 13.7. The van der Waals surface area contributed by atoms with Crippen molar-refractivity contribution in [1.29, 1.82) is 0 Å². The van der Waals surface area contributed by atoms with E-state index >= 15 is 0 Å². The molecule has 0 radical (unpaired) electrons. The minimum absolute atomic E-state index is 0. The maximum Gasteiger partial charge on any atom is 0.240 e. The van der Waals surface area contributed by atoms with Gasteiger partial charge in [-0.2, -0.15) is 0 Å². The highest BCUT2D eigenvalue weighted by molar-refractivity contribution is 5.86. The number of carbonyl (C=O) groups excluding carboxylic acids is 1. The third-order valence-corrected chi connectivity index (χ3v) is 3.97. The summed E-state index contributed by atoms with van der Waals surface area (Å²) in [4.78, 5) is 12.2. The van der Waals surface area contributed by atoms with Crippen LogP contribution in [0.3, 0.4) is 0 Å². The van der Waals surface area contributed by atoms with Crippen LogP contribution in [0, 0.1) is 11.6 Å². The number of nitrogens with two attached hydrogens (primary N) is 1. The van der Waals surface area contributed by atoms with Crippen LogP contribution in [0.4, 0.5) is 8.78 Å². The Bertz CT molecular complexity index is 504. The van der Waals surface area contributed by atoms with Gasteiger partial charge in [0.25, 0.3) is 0 Å². The van der Waals surface area contributed by atoms with Crippen molar-refractivity contribution in [2.45, 2.75) is 50.6 Å². The average Bonchev–Trinajstić information content (AvgIpc) is 2.39. The molecule has 1 aliphatic rings. The highest BCUT2D eigenvalue weighted by atomic mass is 35.5. The summed E-state index contributed by atoms with van der Waals surface area (Å²) in [5.74, 6) is -1.55. The zero-order valence-electron chi connectivity index (χ0n) is 12.0. The molecule has 3 nitrogen and oxygen atoms in total. The van der Waals surface area contributed by atoms with Gasteiger partial charge in [-0.05, 0) is 25.8 Å². The van der Waals surface area contributed by atoms with E-state index in [9.17, 15) is 13.6 Å². The Hall–Kier alpha value is -1.20. The number of nitrogens with one attached hydrogen (secondary N) is 1. The lowest BCUT2D eigenvalue weighted by molar-refractivity contribution is -0.128. The van der Waals surface area contributed by atoms with E-state index in [-0.39, 0.29) is 23.9 Å². The minimum atomic E-state index is -0.858. The molecule has 0 heterocycles. The molecule has 1 saturated carbocycles. The summed E-state index contributed by atoms with van der Waals surface area (Å²) in [7, 11) is 0. The first kappa shape index (κ1) is 17.9. The van der Waals surface area contributed by atoms with Crippen LogP contribution in [0.2, 0.25) is 0 Å². The molecule has 1 unspecified atom stereocenters. The molecule has 1 aliphatic carbocycles. The van der Waals surface area contributed by atoms with Crippen molar-refractivity contribution >= 4 is 18.3 Å². The molecule has 118 valence electrons. The summed E-state index contributed by atoms with van der Waals surface area (Å²) in [6.45, 7) is 1.67. The lowest BCUT2D eigenvalue weighted by Gasteiger charge is -2.33. The largest absolute Gasteiger partial charge is 0.348 e. The standard InChI is InChI=1S/C15H20F2N2O.ClH/c1-10(12-6-5-11(16)9-13(12)17)19-14(20)15(18)7-3-2-4-8-15;/h5-6,9-10H,2-4,7-8,18H2,1H3,(H,19,20);1H. The highest BCUT2D eigenvalue weighted by Gasteiger charge is 2.36. The summed E-state index contributed by atoms with van der Waals surface area (Å²) in [5.41, 5.74) is 5.53. The Balaban J connectivity index is 0.00000220. The highest BCUT2D eigenvalue weighted by Crippen LogP contribution is 2.27. The maximum absolute atomic E-state index is 13.7. The molecule has 1 amide bonds. The zero-order valence-corrected chi connectivity index (χ0v) is 12.8. The fourth-order valence-corrected chi connectivity index (χ4v) is 2.68. The molecular formula is C15H21ClF2N2O. The van der Waals surface area contributed by atoms with Crippen LogP contribution in [0.25, 0.3) is 0 Å². The smallest absolute Gasteiger partial charge is 0.240 e. The molecule has 6 heteroatoms. The number of carbonyl (C=O) groups is 1. The predicted molar refractivity (Wildman–Crippen MR) is 80.2 cm³/mol. The van der Waals surface area contributed by atoms with Crippen molar-refractivity contribution in [2.24, 2.45) is 5.73 Å². The topological polar surface area (TPSA) is 55.1 Å². The molecule has 0 aliphatic heterocycles. The van der Waals surface area contributed by atoms with Crippen LogP contribution < -0.4 is 11.1 Å². The monoisotopic (exact) mass is 318 g/mol. The van der Waals surface area contributed by atoms with Crippen molar-refractivity contribution in [3.63, 3.8) is 0 Å². The van der Waals surface area contributed by atoms with Gasteiger partial charge in [-0.3, -0.25) is 4.79 Å². The third-order valence-electron chi connectivity index (χ3n) is 3.97. The summed E-state index contributed by atoms with van der Waals surface area (Å²) in [6.07, 6.45) is 4.26. The number of amides is 1. The minimum Gasteiger partial charge on any atom is -0.348 e. The van der Waals surface area contributed by atoms with E-state index in [4.69, 9.17) is 5.73 Å². The number of benzene rings is 1. The summed E-state index contributed by atoms with van der Waals surface area (Å²) >= 11 is 0. The molecule has 1 aromatic rings. The van der Waals surface area contributed by atoms with Gasteiger partial charge in [-0.15, -0.1) is 12.4 Å². The molecule has 21 heavy (non-hydrogen) atoms.